The molecule has 0 aliphatic carbocycles. The van der Waals surface area contributed by atoms with Crippen molar-refractivity contribution >= 4 is 55.6 Å². The molecular formula is C19H18Cl2N4O4S2. The number of ether oxygens (including phenoxy) is 1. The zero-order valence-electron chi connectivity index (χ0n) is 16.4. The standard InChI is InChI=1S/C19H18Cl2N4O4S2/c1-11-5-3-4-6-16(11)29-10-12(2)25-31(27,28)19-24-23-18(30-19)22-17(26)14-8-7-13(20)9-15(14)21/h3-9,12,25H,10H2,1-2H3,(H,22,23,26)/t12-/m0/s1. The molecule has 2 N–H and O–H groups in total. The summed E-state index contributed by atoms with van der Waals surface area (Å²) in [5.74, 6) is 0.116. The number of nitrogens with one attached hydrogen (secondary N) is 2. The van der Waals surface area contributed by atoms with Gasteiger partial charge >= 0.3 is 0 Å². The minimum atomic E-state index is -3.95. The van der Waals surface area contributed by atoms with Crippen LogP contribution in [0.2, 0.25) is 10.0 Å². The topological polar surface area (TPSA) is 110 Å². The summed E-state index contributed by atoms with van der Waals surface area (Å²) in [6, 6.07) is 11.3. The maximum atomic E-state index is 12.6. The Bertz CT molecular complexity index is 1200. The van der Waals surface area contributed by atoms with Crippen LogP contribution in [0.1, 0.15) is 22.8 Å². The maximum Gasteiger partial charge on any atom is 0.270 e. The van der Waals surface area contributed by atoms with Gasteiger partial charge < -0.3 is 4.74 Å². The smallest absolute Gasteiger partial charge is 0.270 e. The first kappa shape index (κ1) is 23.4. The number of anilines is 1. The first-order chi connectivity index (χ1) is 14.7. The van der Waals surface area contributed by atoms with Gasteiger partial charge in [-0.2, -0.15) is 0 Å². The van der Waals surface area contributed by atoms with Gasteiger partial charge in [-0.1, -0.05) is 52.7 Å². The second kappa shape index (κ2) is 9.92. The second-order valence-electron chi connectivity index (χ2n) is 6.55. The van der Waals surface area contributed by atoms with E-state index in [-0.39, 0.29) is 26.7 Å². The van der Waals surface area contributed by atoms with Crippen molar-refractivity contribution in [3.05, 3.63) is 63.6 Å². The normalized spacial score (nSPS) is 12.4. The summed E-state index contributed by atoms with van der Waals surface area (Å²) in [7, 11) is -3.95. The minimum Gasteiger partial charge on any atom is -0.492 e. The Morgan fingerprint density at radius 3 is 2.65 bits per heavy atom. The fraction of sp³-hybridized carbons (Fsp3) is 0.211. The number of aryl methyl sites for hydroxylation is 1. The van der Waals surface area contributed by atoms with Crippen LogP contribution in [0.25, 0.3) is 0 Å². The Kier molecular flexibility index (Phi) is 7.50. The Hall–Kier alpha value is -2.24. The van der Waals surface area contributed by atoms with Crippen LogP contribution in [0.15, 0.2) is 46.8 Å². The summed E-state index contributed by atoms with van der Waals surface area (Å²) in [6.07, 6.45) is 0. The molecule has 0 fully saturated rings. The third-order valence-corrected chi connectivity index (χ3v) is 7.31. The van der Waals surface area contributed by atoms with Crippen molar-refractivity contribution in [2.24, 2.45) is 0 Å². The molecule has 0 aliphatic rings. The fourth-order valence-corrected chi connectivity index (χ4v) is 5.12. The molecule has 3 rings (SSSR count). The number of hydrogen-bond donors (Lipinski definition) is 2. The summed E-state index contributed by atoms with van der Waals surface area (Å²) >= 11 is 12.6. The lowest BCUT2D eigenvalue weighted by atomic mass is 10.2. The van der Waals surface area contributed by atoms with Crippen LogP contribution in [0.5, 0.6) is 5.75 Å². The summed E-state index contributed by atoms with van der Waals surface area (Å²) in [4.78, 5) is 12.3. The molecule has 164 valence electrons. The van der Waals surface area contributed by atoms with E-state index in [1.165, 1.54) is 18.2 Å². The highest BCUT2D eigenvalue weighted by Crippen LogP contribution is 2.24. The lowest BCUT2D eigenvalue weighted by Crippen LogP contribution is -2.36. The average molecular weight is 501 g/mol. The van der Waals surface area contributed by atoms with Crippen molar-refractivity contribution in [1.29, 1.82) is 0 Å². The molecule has 31 heavy (non-hydrogen) atoms. The van der Waals surface area contributed by atoms with E-state index < -0.39 is 22.0 Å². The van der Waals surface area contributed by atoms with Gasteiger partial charge in [0, 0.05) is 5.02 Å². The second-order valence-corrected chi connectivity index (χ2v) is 10.3. The van der Waals surface area contributed by atoms with E-state index in [9.17, 15) is 13.2 Å². The average Bonchev–Trinajstić information content (AvgIpc) is 3.16. The summed E-state index contributed by atoms with van der Waals surface area (Å²) in [5.41, 5.74) is 1.12. The summed E-state index contributed by atoms with van der Waals surface area (Å²) < 4.78 is 33.0. The predicted octanol–water partition coefficient (Wildman–Crippen LogP) is 4.15. The van der Waals surface area contributed by atoms with E-state index in [1.807, 2.05) is 31.2 Å². The number of para-hydroxylation sites is 1. The van der Waals surface area contributed by atoms with Crippen molar-refractivity contribution < 1.29 is 17.9 Å². The number of hydrogen-bond acceptors (Lipinski definition) is 7. The van der Waals surface area contributed by atoms with Crippen molar-refractivity contribution in [1.82, 2.24) is 14.9 Å². The molecule has 1 amide bonds. The number of carbonyl (C=O) groups is 1. The molecule has 1 atom stereocenters. The monoisotopic (exact) mass is 500 g/mol. The molecule has 3 aromatic rings. The molecule has 0 saturated heterocycles. The zero-order valence-corrected chi connectivity index (χ0v) is 19.6. The van der Waals surface area contributed by atoms with E-state index in [0.29, 0.717) is 22.1 Å². The molecule has 2 aromatic carbocycles. The van der Waals surface area contributed by atoms with Crippen molar-refractivity contribution in [2.75, 3.05) is 11.9 Å². The largest absolute Gasteiger partial charge is 0.492 e. The van der Waals surface area contributed by atoms with Gasteiger partial charge in [0.25, 0.3) is 15.9 Å². The Morgan fingerprint density at radius 2 is 1.94 bits per heavy atom. The number of rotatable bonds is 8. The Labute approximate surface area is 193 Å². The first-order valence-corrected chi connectivity index (χ1v) is 12.0. The molecule has 0 spiro atoms. The third-order valence-electron chi connectivity index (χ3n) is 3.97. The van der Waals surface area contributed by atoms with Gasteiger partial charge in [-0.25, -0.2) is 13.1 Å². The van der Waals surface area contributed by atoms with Gasteiger partial charge in [0.05, 0.1) is 16.6 Å². The molecule has 0 saturated carbocycles. The molecule has 8 nitrogen and oxygen atoms in total. The Morgan fingerprint density at radius 1 is 1.19 bits per heavy atom. The highest BCUT2D eigenvalue weighted by molar-refractivity contribution is 7.91. The number of benzene rings is 2. The number of aromatic nitrogens is 2. The molecule has 0 unspecified atom stereocenters. The van der Waals surface area contributed by atoms with Crippen molar-refractivity contribution in [2.45, 2.75) is 24.2 Å². The van der Waals surface area contributed by atoms with Gasteiger partial charge in [-0.3, -0.25) is 10.1 Å². The number of carbonyl (C=O) groups excluding carboxylic acids is 1. The summed E-state index contributed by atoms with van der Waals surface area (Å²) in [5, 5.41) is 10.4. The number of nitrogens with zero attached hydrogens (tertiary/aromatic N) is 2. The zero-order chi connectivity index (χ0) is 22.6. The molecule has 12 heteroatoms. The lowest BCUT2D eigenvalue weighted by Gasteiger charge is -2.15. The van der Waals surface area contributed by atoms with Crippen LogP contribution in [0, 0.1) is 6.92 Å². The van der Waals surface area contributed by atoms with Crippen LogP contribution >= 0.6 is 34.5 Å². The molecule has 0 bridgehead atoms. The summed E-state index contributed by atoms with van der Waals surface area (Å²) in [6.45, 7) is 3.70. The van der Waals surface area contributed by atoms with Crippen LogP contribution in [0.4, 0.5) is 5.13 Å². The van der Waals surface area contributed by atoms with Crippen molar-refractivity contribution in [3.63, 3.8) is 0 Å². The highest BCUT2D eigenvalue weighted by Gasteiger charge is 2.24. The maximum absolute atomic E-state index is 12.6. The van der Waals surface area contributed by atoms with Crippen LogP contribution in [-0.2, 0) is 10.0 Å². The van der Waals surface area contributed by atoms with Gasteiger partial charge in [0.1, 0.15) is 12.4 Å². The van der Waals surface area contributed by atoms with Crippen LogP contribution in [-0.4, -0.2) is 37.2 Å². The van der Waals surface area contributed by atoms with E-state index in [4.69, 9.17) is 27.9 Å². The first-order valence-electron chi connectivity index (χ1n) is 8.96. The fourth-order valence-electron chi connectivity index (χ4n) is 2.49. The number of amides is 1. The molecule has 1 aromatic heterocycles. The van der Waals surface area contributed by atoms with Gasteiger partial charge in [0.2, 0.25) is 9.47 Å². The minimum absolute atomic E-state index is 0.0141. The van der Waals surface area contributed by atoms with Gasteiger partial charge in [-0.15, -0.1) is 10.2 Å². The van der Waals surface area contributed by atoms with E-state index >= 15 is 0 Å². The van der Waals surface area contributed by atoms with E-state index in [0.717, 1.165) is 5.56 Å². The third kappa shape index (κ3) is 6.14. The molecular weight excluding hydrogens is 483 g/mol. The van der Waals surface area contributed by atoms with E-state index in [2.05, 4.69) is 20.2 Å². The molecule has 0 aliphatic heterocycles. The molecule has 0 radical (unpaired) electrons. The van der Waals surface area contributed by atoms with Crippen LogP contribution < -0.4 is 14.8 Å². The Balaban J connectivity index is 1.62. The van der Waals surface area contributed by atoms with Gasteiger partial charge in [0.15, 0.2) is 0 Å². The predicted molar refractivity (Wildman–Crippen MR) is 121 cm³/mol. The van der Waals surface area contributed by atoms with Gasteiger partial charge in [-0.05, 0) is 43.7 Å². The quantitative estimate of drug-likeness (QED) is 0.449. The van der Waals surface area contributed by atoms with E-state index in [1.54, 1.807) is 6.92 Å². The molecule has 1 heterocycles. The highest BCUT2D eigenvalue weighted by atomic mass is 35.5. The SMILES string of the molecule is Cc1ccccc1OC[C@H](C)NS(=O)(=O)c1nnc(NC(=O)c2ccc(Cl)cc2Cl)s1. The number of sulfonamides is 1. The van der Waals surface area contributed by atoms with Crippen molar-refractivity contribution in [3.8, 4) is 5.75 Å². The number of halogens is 2. The lowest BCUT2D eigenvalue weighted by molar-refractivity contribution is 0.102. The van der Waals surface area contributed by atoms with Crippen LogP contribution in [0.3, 0.4) is 0 Å².